The number of imide groups is 1. The maximum absolute atomic E-state index is 12.1. The number of aliphatic hydroxyl groups is 1. The third-order valence-electron chi connectivity index (χ3n) is 5.80. The van der Waals surface area contributed by atoms with Crippen molar-refractivity contribution >= 4 is 40.9 Å². The molecule has 8 nitrogen and oxygen atoms in total. The average Bonchev–Trinajstić information content (AvgIpc) is 3.52. The number of hydrogen-bond acceptors (Lipinski definition) is 7. The van der Waals surface area contributed by atoms with Crippen LogP contribution < -0.4 is 10.1 Å². The standard InChI is InChI=1S/C17H17NO5S.C6H10O2/c19-9-12-7-10(8-14-15(20)18-17(22)24-14)5-6-13(12)23-16(21)11-3-1-2-4-11;7-6(8)5-3-1-2-4-5/h5-8,11,19H,1-4,9H2,(H,18,20,22);5H,1-4H2,(H,7,8)/b14-8-;. The first-order valence-corrected chi connectivity index (χ1v) is 11.6. The predicted molar refractivity (Wildman–Crippen MR) is 119 cm³/mol. The van der Waals surface area contributed by atoms with E-state index in [1.165, 1.54) is 0 Å². The summed E-state index contributed by atoms with van der Waals surface area (Å²) >= 11 is 0.827. The van der Waals surface area contributed by atoms with Crippen molar-refractivity contribution in [3.8, 4) is 5.75 Å². The van der Waals surface area contributed by atoms with Gasteiger partial charge in [0.25, 0.3) is 11.1 Å². The van der Waals surface area contributed by atoms with E-state index in [4.69, 9.17) is 9.84 Å². The Morgan fingerprint density at radius 2 is 1.69 bits per heavy atom. The van der Waals surface area contributed by atoms with E-state index >= 15 is 0 Å². The topological polar surface area (TPSA) is 130 Å². The van der Waals surface area contributed by atoms with Gasteiger partial charge in [0.2, 0.25) is 0 Å². The number of rotatable bonds is 5. The molecule has 1 aliphatic heterocycles. The largest absolute Gasteiger partial charge is 0.481 e. The summed E-state index contributed by atoms with van der Waals surface area (Å²) in [7, 11) is 0. The van der Waals surface area contributed by atoms with E-state index in [0.29, 0.717) is 21.8 Å². The third kappa shape index (κ3) is 6.43. The van der Waals surface area contributed by atoms with Crippen molar-refractivity contribution in [2.45, 2.75) is 58.0 Å². The molecule has 1 aromatic carbocycles. The number of amides is 2. The second-order valence-corrected chi connectivity index (χ2v) is 9.11. The van der Waals surface area contributed by atoms with E-state index < -0.39 is 17.1 Å². The molecular weight excluding hydrogens is 434 g/mol. The monoisotopic (exact) mass is 461 g/mol. The maximum atomic E-state index is 12.1. The molecular formula is C23H27NO7S. The molecule has 0 spiro atoms. The molecule has 1 aromatic rings. The first kappa shape index (κ1) is 24.0. The van der Waals surface area contributed by atoms with Crippen molar-refractivity contribution in [1.29, 1.82) is 0 Å². The van der Waals surface area contributed by atoms with Crippen LogP contribution >= 0.6 is 11.8 Å². The van der Waals surface area contributed by atoms with Crippen LogP contribution in [0.2, 0.25) is 0 Å². The molecule has 1 heterocycles. The molecule has 4 rings (SSSR count). The Morgan fingerprint density at radius 1 is 1.06 bits per heavy atom. The van der Waals surface area contributed by atoms with Crippen molar-refractivity contribution in [2.24, 2.45) is 11.8 Å². The molecule has 0 atom stereocenters. The van der Waals surface area contributed by atoms with Crippen molar-refractivity contribution in [1.82, 2.24) is 5.32 Å². The molecule has 0 unspecified atom stereocenters. The average molecular weight is 462 g/mol. The number of aliphatic hydroxyl groups excluding tert-OH is 1. The number of carbonyl (C=O) groups is 4. The van der Waals surface area contributed by atoms with Gasteiger partial charge in [-0.3, -0.25) is 24.5 Å². The maximum Gasteiger partial charge on any atom is 0.314 e. The number of ether oxygens (including phenoxy) is 1. The molecule has 3 fully saturated rings. The van der Waals surface area contributed by atoms with Crippen LogP contribution in [0.4, 0.5) is 4.79 Å². The number of carboxylic acids is 1. The summed E-state index contributed by atoms with van der Waals surface area (Å²) in [6.07, 6.45) is 9.34. The van der Waals surface area contributed by atoms with Gasteiger partial charge in [-0.05, 0) is 61.2 Å². The molecule has 3 N–H and O–H groups in total. The zero-order valence-electron chi connectivity index (χ0n) is 17.7. The van der Waals surface area contributed by atoms with E-state index in [1.807, 2.05) is 0 Å². The number of hydrogen-bond donors (Lipinski definition) is 3. The van der Waals surface area contributed by atoms with Gasteiger partial charge in [-0.2, -0.15) is 0 Å². The molecule has 0 radical (unpaired) electrons. The van der Waals surface area contributed by atoms with Crippen LogP contribution in [-0.2, 0) is 21.0 Å². The number of nitrogens with one attached hydrogen (secondary N) is 1. The lowest BCUT2D eigenvalue weighted by Crippen LogP contribution is -2.18. The van der Waals surface area contributed by atoms with Crippen LogP contribution in [0.5, 0.6) is 5.75 Å². The van der Waals surface area contributed by atoms with E-state index in [2.05, 4.69) is 5.32 Å². The Labute approximate surface area is 190 Å². The van der Waals surface area contributed by atoms with Crippen LogP contribution in [0.3, 0.4) is 0 Å². The van der Waals surface area contributed by atoms with E-state index in [-0.39, 0.29) is 24.4 Å². The van der Waals surface area contributed by atoms with Crippen LogP contribution in [0, 0.1) is 11.8 Å². The minimum Gasteiger partial charge on any atom is -0.481 e. The summed E-state index contributed by atoms with van der Waals surface area (Å²) in [5.74, 6) is -1.06. The van der Waals surface area contributed by atoms with Gasteiger partial charge < -0.3 is 14.9 Å². The van der Waals surface area contributed by atoms with Gasteiger partial charge in [-0.15, -0.1) is 0 Å². The van der Waals surface area contributed by atoms with Gasteiger partial charge in [-0.25, -0.2) is 0 Å². The summed E-state index contributed by atoms with van der Waals surface area (Å²) in [4.78, 5) is 45.3. The first-order valence-electron chi connectivity index (χ1n) is 10.8. The second-order valence-electron chi connectivity index (χ2n) is 8.10. The summed E-state index contributed by atoms with van der Waals surface area (Å²) in [6.45, 7) is -0.289. The Hall–Kier alpha value is -2.65. The summed E-state index contributed by atoms with van der Waals surface area (Å²) in [5, 5.41) is 19.7. The zero-order chi connectivity index (χ0) is 23.1. The predicted octanol–water partition coefficient (Wildman–Crippen LogP) is 3.86. The Kier molecular flexibility index (Phi) is 8.46. The van der Waals surface area contributed by atoms with Gasteiger partial charge in [0.1, 0.15) is 5.75 Å². The van der Waals surface area contributed by atoms with E-state index in [9.17, 15) is 24.3 Å². The molecule has 9 heteroatoms. The first-order chi connectivity index (χ1) is 15.4. The number of esters is 1. The van der Waals surface area contributed by atoms with Crippen LogP contribution in [0.15, 0.2) is 23.1 Å². The molecule has 0 aromatic heterocycles. The highest BCUT2D eigenvalue weighted by atomic mass is 32.2. The molecule has 2 aliphatic carbocycles. The number of aliphatic carboxylic acids is 1. The summed E-state index contributed by atoms with van der Waals surface area (Å²) < 4.78 is 5.43. The Balaban J connectivity index is 0.000000305. The summed E-state index contributed by atoms with van der Waals surface area (Å²) in [5.41, 5.74) is 1.11. The molecule has 0 bridgehead atoms. The van der Waals surface area contributed by atoms with Gasteiger partial charge in [-0.1, -0.05) is 31.7 Å². The molecule has 2 saturated carbocycles. The quantitative estimate of drug-likeness (QED) is 0.342. The smallest absolute Gasteiger partial charge is 0.314 e. The fourth-order valence-corrected chi connectivity index (χ4v) is 4.69. The fraction of sp³-hybridized carbons (Fsp3) is 0.478. The molecule has 2 amide bonds. The molecule has 3 aliphatic rings. The van der Waals surface area contributed by atoms with Crippen LogP contribution in [0.25, 0.3) is 6.08 Å². The van der Waals surface area contributed by atoms with Gasteiger partial charge >= 0.3 is 11.9 Å². The highest BCUT2D eigenvalue weighted by Crippen LogP contribution is 2.30. The Bertz CT molecular complexity index is 915. The lowest BCUT2D eigenvalue weighted by Gasteiger charge is -2.12. The number of carboxylic acid groups (broad SMARTS) is 1. The SMILES string of the molecule is O=C(O)C1CCCC1.O=C1NC(=O)/C(=C/c2ccc(OC(=O)C3CCCC3)c(CO)c2)S1. The molecule has 172 valence electrons. The lowest BCUT2D eigenvalue weighted by molar-refractivity contribution is -0.141. The number of thioether (sulfide) groups is 1. The van der Waals surface area contributed by atoms with Gasteiger partial charge in [0.15, 0.2) is 0 Å². The molecule has 1 saturated heterocycles. The Morgan fingerprint density at radius 3 is 2.19 bits per heavy atom. The fourth-order valence-electron chi connectivity index (χ4n) is 4.01. The number of carbonyl (C=O) groups excluding carboxylic acids is 3. The minimum atomic E-state index is -0.609. The van der Waals surface area contributed by atoms with E-state index in [0.717, 1.165) is 63.1 Å². The zero-order valence-corrected chi connectivity index (χ0v) is 18.5. The van der Waals surface area contributed by atoms with Gasteiger partial charge in [0.05, 0.1) is 23.3 Å². The highest BCUT2D eigenvalue weighted by Gasteiger charge is 2.26. The van der Waals surface area contributed by atoms with Crippen molar-refractivity contribution < 1.29 is 34.1 Å². The van der Waals surface area contributed by atoms with Crippen LogP contribution in [-0.4, -0.2) is 33.3 Å². The third-order valence-corrected chi connectivity index (χ3v) is 6.61. The second kappa shape index (κ2) is 11.3. The summed E-state index contributed by atoms with van der Waals surface area (Å²) in [6, 6.07) is 4.92. The van der Waals surface area contributed by atoms with Crippen molar-refractivity contribution in [2.75, 3.05) is 0 Å². The number of benzene rings is 1. The highest BCUT2D eigenvalue weighted by molar-refractivity contribution is 8.18. The minimum absolute atomic E-state index is 0.0185. The van der Waals surface area contributed by atoms with Gasteiger partial charge in [0, 0.05) is 5.56 Å². The van der Waals surface area contributed by atoms with Crippen LogP contribution in [0.1, 0.15) is 62.5 Å². The van der Waals surface area contributed by atoms with Crippen molar-refractivity contribution in [3.05, 3.63) is 34.2 Å². The molecule has 32 heavy (non-hydrogen) atoms. The van der Waals surface area contributed by atoms with E-state index in [1.54, 1.807) is 24.3 Å². The normalized spacial score (nSPS) is 20.2. The lowest BCUT2D eigenvalue weighted by atomic mass is 10.1. The van der Waals surface area contributed by atoms with Crippen molar-refractivity contribution in [3.63, 3.8) is 0 Å².